The fourth-order valence-corrected chi connectivity index (χ4v) is 4.56. The summed E-state index contributed by atoms with van der Waals surface area (Å²) in [4.78, 5) is 0. The number of piperidine rings is 1. The van der Waals surface area contributed by atoms with Crippen molar-refractivity contribution in [2.75, 3.05) is 18.4 Å². The smallest absolute Gasteiger partial charge is 0.218 e. The maximum atomic E-state index is 12.5. The van der Waals surface area contributed by atoms with Gasteiger partial charge in [-0.1, -0.05) is 19.1 Å². The van der Waals surface area contributed by atoms with Gasteiger partial charge in [-0.15, -0.1) is 0 Å². The van der Waals surface area contributed by atoms with Gasteiger partial charge in [-0.25, -0.2) is 12.7 Å². The van der Waals surface area contributed by atoms with Gasteiger partial charge in [0.25, 0.3) is 0 Å². The predicted octanol–water partition coefficient (Wildman–Crippen LogP) is 3.34. The average molecular weight is 318 g/mol. The van der Waals surface area contributed by atoms with E-state index >= 15 is 0 Å². The van der Waals surface area contributed by atoms with Gasteiger partial charge < -0.3 is 5.32 Å². The number of benzene rings is 1. The second-order valence-electron chi connectivity index (χ2n) is 6.07. The molecule has 3 rings (SSSR count). The molecule has 0 bridgehead atoms. The van der Waals surface area contributed by atoms with E-state index in [0.717, 1.165) is 47.3 Å². The van der Waals surface area contributed by atoms with E-state index in [-0.39, 0.29) is 5.75 Å². The second-order valence-corrected chi connectivity index (χ2v) is 8.04. The lowest BCUT2D eigenvalue weighted by molar-refractivity contribution is 0.346. The van der Waals surface area contributed by atoms with E-state index in [0.29, 0.717) is 13.1 Å². The minimum Gasteiger partial charge on any atom is -0.355 e. The summed E-state index contributed by atoms with van der Waals surface area (Å²) in [6.07, 6.45) is 5.12. The Balaban J connectivity index is 1.82. The number of allylic oxidation sites excluding steroid dienone is 1. The Morgan fingerprint density at radius 1 is 1.23 bits per heavy atom. The van der Waals surface area contributed by atoms with Crippen molar-refractivity contribution >= 4 is 21.8 Å². The normalized spacial score (nSPS) is 19.3. The fourth-order valence-electron chi connectivity index (χ4n) is 2.96. The van der Waals surface area contributed by atoms with Crippen LogP contribution in [0.4, 0.5) is 5.69 Å². The van der Waals surface area contributed by atoms with Crippen molar-refractivity contribution in [2.45, 2.75) is 31.9 Å². The summed E-state index contributed by atoms with van der Waals surface area (Å²) >= 11 is 0. The van der Waals surface area contributed by atoms with E-state index in [9.17, 15) is 8.42 Å². The van der Waals surface area contributed by atoms with Gasteiger partial charge in [0.05, 0.1) is 5.75 Å². The van der Waals surface area contributed by atoms with E-state index in [1.165, 1.54) is 0 Å². The monoisotopic (exact) mass is 318 g/mol. The van der Waals surface area contributed by atoms with Crippen molar-refractivity contribution in [3.63, 3.8) is 0 Å². The number of hydrogen-bond acceptors (Lipinski definition) is 3. The van der Waals surface area contributed by atoms with E-state index < -0.39 is 10.0 Å². The lowest BCUT2D eigenvalue weighted by atomic mass is 10.0. The van der Waals surface area contributed by atoms with Crippen molar-refractivity contribution in [3.05, 3.63) is 47.2 Å². The third-order valence-electron chi connectivity index (χ3n) is 4.31. The van der Waals surface area contributed by atoms with Gasteiger partial charge in [0.1, 0.15) is 0 Å². The quantitative estimate of drug-likeness (QED) is 0.930. The number of nitrogens with one attached hydrogen (secondary N) is 1. The van der Waals surface area contributed by atoms with Crippen molar-refractivity contribution in [2.24, 2.45) is 0 Å². The van der Waals surface area contributed by atoms with Crippen LogP contribution < -0.4 is 5.32 Å². The van der Waals surface area contributed by atoms with Crippen LogP contribution in [0.5, 0.6) is 0 Å². The maximum absolute atomic E-state index is 12.5. The SMILES string of the molecule is C=C1Nc2ccc(CS(=O)(=O)N3CCCCC3)cc2C=C1C. The molecular weight excluding hydrogens is 296 g/mol. The Morgan fingerprint density at radius 2 is 1.95 bits per heavy atom. The predicted molar refractivity (Wildman–Crippen MR) is 90.9 cm³/mol. The molecule has 0 saturated carbocycles. The van der Waals surface area contributed by atoms with E-state index in [1.54, 1.807) is 4.31 Å². The highest BCUT2D eigenvalue weighted by molar-refractivity contribution is 7.88. The number of anilines is 1. The molecule has 0 atom stereocenters. The first-order chi connectivity index (χ1) is 10.5. The Hall–Kier alpha value is -1.59. The first kappa shape index (κ1) is 15.3. The number of nitrogens with zero attached hydrogens (tertiary/aromatic N) is 1. The highest BCUT2D eigenvalue weighted by atomic mass is 32.2. The van der Waals surface area contributed by atoms with Crippen LogP contribution in [0.1, 0.15) is 37.3 Å². The molecule has 0 amide bonds. The van der Waals surface area contributed by atoms with Crippen molar-refractivity contribution in [3.8, 4) is 0 Å². The van der Waals surface area contributed by atoms with E-state index in [1.807, 2.05) is 31.2 Å². The summed E-state index contributed by atoms with van der Waals surface area (Å²) in [5.74, 6) is 0.0775. The largest absolute Gasteiger partial charge is 0.355 e. The summed E-state index contributed by atoms with van der Waals surface area (Å²) in [6.45, 7) is 7.27. The van der Waals surface area contributed by atoms with Crippen molar-refractivity contribution < 1.29 is 8.42 Å². The number of hydrogen-bond donors (Lipinski definition) is 1. The molecule has 22 heavy (non-hydrogen) atoms. The molecule has 2 heterocycles. The summed E-state index contributed by atoms with van der Waals surface area (Å²) in [5.41, 5.74) is 4.80. The zero-order valence-corrected chi connectivity index (χ0v) is 13.7. The van der Waals surface area contributed by atoms with Gasteiger partial charge in [-0.3, -0.25) is 0 Å². The molecule has 2 aliphatic rings. The molecule has 2 aliphatic heterocycles. The summed E-state index contributed by atoms with van der Waals surface area (Å²) in [7, 11) is -3.21. The van der Waals surface area contributed by atoms with Gasteiger partial charge >= 0.3 is 0 Å². The molecule has 5 heteroatoms. The topological polar surface area (TPSA) is 49.4 Å². The Kier molecular flexibility index (Phi) is 4.10. The van der Waals surface area contributed by atoms with Gasteiger partial charge in [-0.2, -0.15) is 0 Å². The zero-order valence-electron chi connectivity index (χ0n) is 12.9. The van der Waals surface area contributed by atoms with E-state index in [2.05, 4.69) is 11.9 Å². The molecule has 0 aliphatic carbocycles. The molecule has 1 aromatic carbocycles. The van der Waals surface area contributed by atoms with E-state index in [4.69, 9.17) is 0 Å². The number of sulfonamides is 1. The second kappa shape index (κ2) is 5.89. The van der Waals surface area contributed by atoms with Gasteiger partial charge in [0.2, 0.25) is 10.0 Å². The van der Waals surface area contributed by atoms with Crippen LogP contribution in [0.3, 0.4) is 0 Å². The fraction of sp³-hybridized carbons (Fsp3) is 0.412. The molecule has 0 unspecified atom stereocenters. The lowest BCUT2D eigenvalue weighted by Crippen LogP contribution is -2.36. The number of rotatable bonds is 3. The van der Waals surface area contributed by atoms with Crippen LogP contribution in [0, 0.1) is 0 Å². The van der Waals surface area contributed by atoms with Gasteiger partial charge in [0.15, 0.2) is 0 Å². The average Bonchev–Trinajstić information content (AvgIpc) is 2.49. The van der Waals surface area contributed by atoms with Crippen molar-refractivity contribution in [1.29, 1.82) is 0 Å². The van der Waals surface area contributed by atoms with Crippen molar-refractivity contribution in [1.82, 2.24) is 4.31 Å². The summed E-state index contributed by atoms with van der Waals surface area (Å²) in [5, 5.41) is 3.24. The van der Waals surface area contributed by atoms with Gasteiger partial charge in [-0.05, 0) is 54.7 Å². The minimum atomic E-state index is -3.21. The molecule has 0 spiro atoms. The summed E-state index contributed by atoms with van der Waals surface area (Å²) in [6, 6.07) is 5.78. The first-order valence-corrected chi connectivity index (χ1v) is 9.32. The molecule has 4 nitrogen and oxygen atoms in total. The highest BCUT2D eigenvalue weighted by Crippen LogP contribution is 2.29. The first-order valence-electron chi connectivity index (χ1n) is 7.71. The highest BCUT2D eigenvalue weighted by Gasteiger charge is 2.24. The minimum absolute atomic E-state index is 0.0775. The zero-order chi connectivity index (χ0) is 15.7. The molecule has 1 aromatic rings. The number of fused-ring (bicyclic) bond motifs is 1. The molecule has 0 radical (unpaired) electrons. The van der Waals surface area contributed by atoms with Crippen LogP contribution in [0.15, 0.2) is 36.0 Å². The standard InChI is InChI=1S/C17H22N2O2S/c1-13-10-16-11-15(6-7-17(16)18-14(13)2)12-22(20,21)19-8-4-3-5-9-19/h6-7,10-11,18H,2-5,8-9,12H2,1H3. The molecule has 1 fully saturated rings. The maximum Gasteiger partial charge on any atom is 0.218 e. The van der Waals surface area contributed by atoms with Crippen LogP contribution in [0.25, 0.3) is 6.08 Å². The van der Waals surface area contributed by atoms with Gasteiger partial charge in [0, 0.05) is 24.5 Å². The van der Waals surface area contributed by atoms with Crippen LogP contribution >= 0.6 is 0 Å². The third kappa shape index (κ3) is 3.10. The molecular formula is C17H22N2O2S. The third-order valence-corrected chi connectivity index (χ3v) is 6.16. The van der Waals surface area contributed by atoms with Crippen LogP contribution in [-0.4, -0.2) is 25.8 Å². The Bertz CT molecular complexity index is 729. The Labute approximate surface area is 132 Å². The van der Waals surface area contributed by atoms with Crippen LogP contribution in [-0.2, 0) is 15.8 Å². The summed E-state index contributed by atoms with van der Waals surface area (Å²) < 4.78 is 26.7. The molecule has 1 saturated heterocycles. The molecule has 0 aromatic heterocycles. The van der Waals surface area contributed by atoms with Crippen LogP contribution in [0.2, 0.25) is 0 Å². The Morgan fingerprint density at radius 3 is 2.68 bits per heavy atom. The molecule has 118 valence electrons. The molecule has 1 N–H and O–H groups in total. The lowest BCUT2D eigenvalue weighted by Gasteiger charge is -2.26.